The van der Waals surface area contributed by atoms with Gasteiger partial charge in [0.15, 0.2) is 9.84 Å². The average Bonchev–Trinajstić information content (AvgIpc) is 2.99. The molecule has 0 radical (unpaired) electrons. The first-order valence-electron chi connectivity index (χ1n) is 8.88. The van der Waals surface area contributed by atoms with Crippen LogP contribution in [-0.4, -0.2) is 47.3 Å². The normalized spacial score (nSPS) is 13.2. The van der Waals surface area contributed by atoms with E-state index in [0.29, 0.717) is 28.4 Å². The third-order valence-electron chi connectivity index (χ3n) is 4.72. The van der Waals surface area contributed by atoms with Crippen LogP contribution in [0.2, 0.25) is 0 Å². The first kappa shape index (κ1) is 20.7. The molecule has 0 fully saturated rings. The van der Waals surface area contributed by atoms with Crippen molar-refractivity contribution >= 4 is 33.0 Å². The number of methoxy groups -OCH3 is 2. The van der Waals surface area contributed by atoms with Gasteiger partial charge in [-0.3, -0.25) is 9.59 Å². The van der Waals surface area contributed by atoms with Crippen molar-refractivity contribution < 1.29 is 27.5 Å². The lowest BCUT2D eigenvalue weighted by molar-refractivity contribution is -0.117. The van der Waals surface area contributed by atoms with Crippen LogP contribution in [0.5, 0.6) is 11.5 Å². The first-order valence-corrected chi connectivity index (χ1v) is 10.5. The van der Waals surface area contributed by atoms with Gasteiger partial charge in [-0.2, -0.15) is 0 Å². The highest BCUT2D eigenvalue weighted by atomic mass is 32.2. The van der Waals surface area contributed by atoms with Gasteiger partial charge in [-0.1, -0.05) is 0 Å². The highest BCUT2D eigenvalue weighted by Crippen LogP contribution is 2.30. The number of carbonyl (C=O) groups is 2. The average molecular weight is 418 g/mol. The first-order chi connectivity index (χ1) is 13.7. The Morgan fingerprint density at radius 3 is 2.38 bits per heavy atom. The van der Waals surface area contributed by atoms with Gasteiger partial charge in [0.2, 0.25) is 11.8 Å². The molecule has 0 saturated carbocycles. The number of amides is 2. The molecule has 2 aromatic carbocycles. The van der Waals surface area contributed by atoms with Crippen LogP contribution in [0.4, 0.5) is 11.4 Å². The molecule has 0 bridgehead atoms. The lowest BCUT2D eigenvalue weighted by Gasteiger charge is -2.11. The molecule has 3 rings (SSSR count). The summed E-state index contributed by atoms with van der Waals surface area (Å²) >= 11 is 0. The molecule has 8 nitrogen and oxygen atoms in total. The van der Waals surface area contributed by atoms with Crippen LogP contribution in [0.15, 0.2) is 41.3 Å². The third-order valence-corrected chi connectivity index (χ3v) is 6.43. The molecule has 1 heterocycles. The van der Waals surface area contributed by atoms with Crippen molar-refractivity contribution in [1.82, 2.24) is 0 Å². The predicted molar refractivity (Wildman–Crippen MR) is 108 cm³/mol. The maximum Gasteiger partial charge on any atom is 0.231 e. The highest BCUT2D eigenvalue weighted by molar-refractivity contribution is 7.91. The molecule has 0 spiro atoms. The van der Waals surface area contributed by atoms with Gasteiger partial charge in [-0.05, 0) is 23.8 Å². The number of likely N-dealkylation sites (N-methyl/N-ethyl adjacent to an activating group) is 1. The number of benzene rings is 2. The summed E-state index contributed by atoms with van der Waals surface area (Å²) in [5.41, 5.74) is 1.83. The van der Waals surface area contributed by atoms with Crippen LogP contribution >= 0.6 is 0 Å². The smallest absolute Gasteiger partial charge is 0.231 e. The van der Waals surface area contributed by atoms with Crippen LogP contribution in [0, 0.1) is 0 Å². The fraction of sp³-hybridized carbons (Fsp3) is 0.300. The summed E-state index contributed by atoms with van der Waals surface area (Å²) in [5, 5.41) is 2.65. The minimum atomic E-state index is -3.67. The Balaban J connectivity index is 1.67. The number of carbonyl (C=O) groups excluding carboxylic acids is 2. The Labute approximate surface area is 169 Å². The number of sulfone groups is 1. The van der Waals surface area contributed by atoms with Gasteiger partial charge in [-0.15, -0.1) is 0 Å². The van der Waals surface area contributed by atoms with Crippen molar-refractivity contribution in [3.8, 4) is 11.5 Å². The van der Waals surface area contributed by atoms with Gasteiger partial charge in [-0.25, -0.2) is 8.42 Å². The molecule has 1 aliphatic heterocycles. The second-order valence-electron chi connectivity index (χ2n) is 6.64. The lowest BCUT2D eigenvalue weighted by Crippen LogP contribution is -2.20. The largest absolute Gasteiger partial charge is 0.497 e. The van der Waals surface area contributed by atoms with Crippen LogP contribution in [-0.2, 0) is 25.8 Å². The third kappa shape index (κ3) is 4.51. The number of hydrogen-bond acceptors (Lipinski definition) is 6. The van der Waals surface area contributed by atoms with Crippen molar-refractivity contribution in [2.75, 3.05) is 37.2 Å². The minimum Gasteiger partial charge on any atom is -0.497 e. The number of nitrogens with zero attached hydrogens (tertiary/aromatic N) is 1. The van der Waals surface area contributed by atoms with E-state index in [1.807, 2.05) is 0 Å². The summed E-state index contributed by atoms with van der Waals surface area (Å²) in [6.07, 6.45) is -0.0366. The van der Waals surface area contributed by atoms with Crippen molar-refractivity contribution in [3.05, 3.63) is 42.0 Å². The van der Waals surface area contributed by atoms with Crippen LogP contribution < -0.4 is 19.7 Å². The van der Waals surface area contributed by atoms with E-state index in [4.69, 9.17) is 9.47 Å². The van der Waals surface area contributed by atoms with E-state index < -0.39 is 15.7 Å². The SMILES string of the molecule is COc1cc(NC(=O)CCS(=O)(=O)c2ccc3c(c2)CC(=O)N3C)cc(OC)c1. The summed E-state index contributed by atoms with van der Waals surface area (Å²) in [4.78, 5) is 25.6. The monoisotopic (exact) mass is 418 g/mol. The second-order valence-corrected chi connectivity index (χ2v) is 8.75. The molecule has 0 saturated heterocycles. The van der Waals surface area contributed by atoms with Gasteiger partial charge in [0, 0.05) is 43.0 Å². The van der Waals surface area contributed by atoms with Crippen molar-refractivity contribution in [3.63, 3.8) is 0 Å². The Kier molecular flexibility index (Phi) is 5.78. The summed E-state index contributed by atoms with van der Waals surface area (Å²) in [7, 11) is 0.973. The molecule has 1 aliphatic rings. The minimum absolute atomic E-state index is 0.0809. The second kappa shape index (κ2) is 8.12. The van der Waals surface area contributed by atoms with Gasteiger partial charge >= 0.3 is 0 Å². The summed E-state index contributed by atoms with van der Waals surface area (Å²) in [6, 6.07) is 9.49. The topological polar surface area (TPSA) is 102 Å². The maximum absolute atomic E-state index is 12.6. The molecule has 0 aliphatic carbocycles. The van der Waals surface area contributed by atoms with Crippen LogP contribution in [0.3, 0.4) is 0 Å². The van der Waals surface area contributed by atoms with Gasteiger partial charge in [0.05, 0.1) is 31.3 Å². The van der Waals surface area contributed by atoms with E-state index in [1.165, 1.54) is 31.3 Å². The Bertz CT molecular complexity index is 1040. The van der Waals surface area contributed by atoms with E-state index in [2.05, 4.69) is 5.32 Å². The fourth-order valence-electron chi connectivity index (χ4n) is 3.09. The summed E-state index contributed by atoms with van der Waals surface area (Å²) in [5.74, 6) is 0.139. The number of nitrogens with one attached hydrogen (secondary N) is 1. The van der Waals surface area contributed by atoms with Gasteiger partial charge in [0.1, 0.15) is 11.5 Å². The lowest BCUT2D eigenvalue weighted by atomic mass is 10.2. The van der Waals surface area contributed by atoms with E-state index in [1.54, 1.807) is 31.3 Å². The van der Waals surface area contributed by atoms with E-state index in [0.717, 1.165) is 0 Å². The molecular formula is C20H22N2O6S. The summed E-state index contributed by atoms with van der Waals surface area (Å²) < 4.78 is 35.6. The number of fused-ring (bicyclic) bond motifs is 1. The van der Waals surface area contributed by atoms with Crippen molar-refractivity contribution in [2.24, 2.45) is 0 Å². The van der Waals surface area contributed by atoms with Crippen LogP contribution in [0.25, 0.3) is 0 Å². The molecule has 0 unspecified atom stereocenters. The van der Waals surface area contributed by atoms with E-state index >= 15 is 0 Å². The number of anilines is 2. The fourth-order valence-corrected chi connectivity index (χ4v) is 4.38. The standard InChI is InChI=1S/C20H22N2O6S/c1-22-18-5-4-17(8-13(18)9-20(22)24)29(25,26)7-6-19(23)21-14-10-15(27-2)12-16(11-14)28-3/h4-5,8,10-12H,6-7,9H2,1-3H3,(H,21,23). The molecule has 2 aromatic rings. The Morgan fingerprint density at radius 2 is 1.76 bits per heavy atom. The number of ether oxygens (including phenoxy) is 2. The quantitative estimate of drug-likeness (QED) is 0.738. The van der Waals surface area contributed by atoms with E-state index in [-0.39, 0.29) is 29.4 Å². The van der Waals surface area contributed by atoms with Gasteiger partial charge in [0.25, 0.3) is 0 Å². The zero-order valence-corrected chi connectivity index (χ0v) is 17.2. The number of hydrogen-bond donors (Lipinski definition) is 1. The molecule has 2 amide bonds. The van der Waals surface area contributed by atoms with Crippen LogP contribution in [0.1, 0.15) is 12.0 Å². The van der Waals surface area contributed by atoms with E-state index in [9.17, 15) is 18.0 Å². The maximum atomic E-state index is 12.6. The summed E-state index contributed by atoms with van der Waals surface area (Å²) in [6.45, 7) is 0. The molecular weight excluding hydrogens is 396 g/mol. The zero-order chi connectivity index (χ0) is 21.2. The molecule has 29 heavy (non-hydrogen) atoms. The predicted octanol–water partition coefficient (Wildman–Crippen LogP) is 2.03. The molecule has 154 valence electrons. The molecule has 0 atom stereocenters. The molecule has 9 heteroatoms. The molecule has 0 aromatic heterocycles. The highest BCUT2D eigenvalue weighted by Gasteiger charge is 2.26. The Hall–Kier alpha value is -3.07. The Morgan fingerprint density at radius 1 is 1.10 bits per heavy atom. The van der Waals surface area contributed by atoms with Crippen molar-refractivity contribution in [1.29, 1.82) is 0 Å². The zero-order valence-electron chi connectivity index (χ0n) is 16.4. The number of rotatable bonds is 7. The van der Waals surface area contributed by atoms with Gasteiger partial charge < -0.3 is 19.7 Å². The molecule has 1 N–H and O–H groups in total. The van der Waals surface area contributed by atoms with Crippen molar-refractivity contribution in [2.45, 2.75) is 17.7 Å².